The van der Waals surface area contributed by atoms with Gasteiger partial charge >= 0.3 is 0 Å². The van der Waals surface area contributed by atoms with E-state index in [1.807, 2.05) is 13.1 Å². The highest BCUT2D eigenvalue weighted by Crippen LogP contribution is 2.12. The fourth-order valence-corrected chi connectivity index (χ4v) is 3.20. The highest BCUT2D eigenvalue weighted by molar-refractivity contribution is 14.0. The van der Waals surface area contributed by atoms with Crippen LogP contribution in [0.25, 0.3) is 0 Å². The number of ether oxygens (including phenoxy) is 1. The summed E-state index contributed by atoms with van der Waals surface area (Å²) in [6.07, 6.45) is 6.79. The zero-order valence-corrected chi connectivity index (χ0v) is 19.0. The van der Waals surface area contributed by atoms with Crippen molar-refractivity contribution < 1.29 is 4.74 Å². The minimum Gasteiger partial charge on any atom is -0.379 e. The van der Waals surface area contributed by atoms with Crippen LogP contribution in [0.4, 0.5) is 0 Å². The van der Waals surface area contributed by atoms with Gasteiger partial charge in [-0.15, -0.1) is 30.6 Å². The molecule has 0 aliphatic carbocycles. The molecule has 0 amide bonds. The number of hydrogen-bond acceptors (Lipinski definition) is 3. The Labute approximate surface area is 172 Å². The Balaban J connectivity index is 0.00000576. The van der Waals surface area contributed by atoms with Crippen molar-refractivity contribution in [3.8, 4) is 0 Å². The Morgan fingerprint density at radius 3 is 2.52 bits per heavy atom. The van der Waals surface area contributed by atoms with Crippen LogP contribution in [0, 0.1) is 5.92 Å². The summed E-state index contributed by atoms with van der Waals surface area (Å²) in [4.78, 5) is 9.24. The van der Waals surface area contributed by atoms with E-state index in [-0.39, 0.29) is 24.0 Å². The lowest BCUT2D eigenvalue weighted by Crippen LogP contribution is -2.52. The summed E-state index contributed by atoms with van der Waals surface area (Å²) in [5.74, 6) is 1.61. The third-order valence-corrected chi connectivity index (χ3v) is 4.73. The largest absolute Gasteiger partial charge is 0.379 e. The number of guanidine groups is 1. The third kappa shape index (κ3) is 9.80. The first-order valence-corrected chi connectivity index (χ1v) is 9.44. The molecular formula is C19H39IN4O. The lowest BCUT2D eigenvalue weighted by atomic mass is 10.0. The number of halogens is 1. The summed E-state index contributed by atoms with van der Waals surface area (Å²) in [7, 11) is 4.00. The first-order valence-electron chi connectivity index (χ1n) is 9.44. The average Bonchev–Trinajstić information content (AvgIpc) is 2.59. The van der Waals surface area contributed by atoms with Crippen molar-refractivity contribution in [2.24, 2.45) is 10.9 Å². The Hall–Kier alpha value is -0.340. The van der Waals surface area contributed by atoms with Gasteiger partial charge in [0.15, 0.2) is 5.96 Å². The maximum atomic E-state index is 5.49. The molecule has 25 heavy (non-hydrogen) atoms. The number of nitrogens with one attached hydrogen (secondary N) is 1. The fourth-order valence-electron chi connectivity index (χ4n) is 3.20. The summed E-state index contributed by atoms with van der Waals surface area (Å²) >= 11 is 0. The quantitative estimate of drug-likeness (QED) is 0.177. The maximum absolute atomic E-state index is 5.49. The molecule has 1 rings (SSSR count). The van der Waals surface area contributed by atoms with Gasteiger partial charge in [-0.3, -0.25) is 9.89 Å². The SMILES string of the molecule is C=CCCCCCN(C)C(=NC)NCC(C(C)C)N1CCOCC1.I. The first-order chi connectivity index (χ1) is 11.6. The van der Waals surface area contributed by atoms with E-state index in [0.29, 0.717) is 12.0 Å². The monoisotopic (exact) mass is 466 g/mol. The molecule has 1 unspecified atom stereocenters. The van der Waals surface area contributed by atoms with Crippen LogP contribution in [0.15, 0.2) is 17.6 Å². The van der Waals surface area contributed by atoms with Gasteiger partial charge in [0, 0.05) is 46.3 Å². The topological polar surface area (TPSA) is 40.1 Å². The van der Waals surface area contributed by atoms with E-state index in [4.69, 9.17) is 4.74 Å². The average molecular weight is 466 g/mol. The smallest absolute Gasteiger partial charge is 0.193 e. The van der Waals surface area contributed by atoms with Crippen molar-refractivity contribution in [1.82, 2.24) is 15.1 Å². The van der Waals surface area contributed by atoms with E-state index in [1.165, 1.54) is 19.3 Å². The van der Waals surface area contributed by atoms with Gasteiger partial charge in [0.05, 0.1) is 13.2 Å². The predicted octanol–water partition coefficient (Wildman–Crippen LogP) is 3.21. The van der Waals surface area contributed by atoms with Gasteiger partial charge in [0.2, 0.25) is 0 Å². The van der Waals surface area contributed by atoms with Crippen LogP contribution >= 0.6 is 24.0 Å². The Bertz CT molecular complexity index is 370. The van der Waals surface area contributed by atoms with Gasteiger partial charge in [-0.2, -0.15) is 0 Å². The summed E-state index contributed by atoms with van der Waals surface area (Å²) in [6, 6.07) is 0.520. The van der Waals surface area contributed by atoms with Gasteiger partial charge in [-0.1, -0.05) is 26.3 Å². The van der Waals surface area contributed by atoms with Gasteiger partial charge in [0.1, 0.15) is 0 Å². The van der Waals surface area contributed by atoms with E-state index in [9.17, 15) is 0 Å². The maximum Gasteiger partial charge on any atom is 0.193 e. The Kier molecular flexibility index (Phi) is 14.6. The summed E-state index contributed by atoms with van der Waals surface area (Å²) < 4.78 is 5.49. The lowest BCUT2D eigenvalue weighted by molar-refractivity contribution is 0.00742. The Morgan fingerprint density at radius 2 is 1.96 bits per heavy atom. The van der Waals surface area contributed by atoms with Gasteiger partial charge < -0.3 is 15.0 Å². The van der Waals surface area contributed by atoms with Gasteiger partial charge in [-0.25, -0.2) is 0 Å². The van der Waals surface area contributed by atoms with E-state index in [1.54, 1.807) is 0 Å². The molecule has 0 spiro atoms. The standard InChI is InChI=1S/C19H38N4O.HI/c1-6-7-8-9-10-11-22(5)19(20-4)21-16-18(17(2)3)23-12-14-24-15-13-23;/h6,17-18H,1,7-16H2,2-5H3,(H,20,21);1H. The molecule has 1 fully saturated rings. The first kappa shape index (κ1) is 24.7. The van der Waals surface area contributed by atoms with Crippen molar-refractivity contribution in [2.45, 2.75) is 45.6 Å². The van der Waals surface area contributed by atoms with Gasteiger partial charge in [-0.05, 0) is 25.2 Å². The minimum absolute atomic E-state index is 0. The van der Waals surface area contributed by atoms with Gasteiger partial charge in [0.25, 0.3) is 0 Å². The van der Waals surface area contributed by atoms with Crippen molar-refractivity contribution in [1.29, 1.82) is 0 Å². The van der Waals surface area contributed by atoms with Crippen LogP contribution in [-0.2, 0) is 4.74 Å². The van der Waals surface area contributed by atoms with E-state index >= 15 is 0 Å². The predicted molar refractivity (Wildman–Crippen MR) is 119 cm³/mol. The molecule has 0 aromatic rings. The molecule has 1 aliphatic rings. The lowest BCUT2D eigenvalue weighted by Gasteiger charge is -2.37. The minimum atomic E-state index is 0. The van der Waals surface area contributed by atoms with Crippen molar-refractivity contribution in [3.05, 3.63) is 12.7 Å². The molecule has 1 saturated heterocycles. The molecule has 5 nitrogen and oxygen atoms in total. The molecule has 0 bridgehead atoms. The zero-order chi connectivity index (χ0) is 17.8. The van der Waals surface area contributed by atoms with Crippen LogP contribution in [-0.4, -0.2) is 75.3 Å². The van der Waals surface area contributed by atoms with Crippen LogP contribution in [0.3, 0.4) is 0 Å². The van der Waals surface area contributed by atoms with Crippen LogP contribution in [0.5, 0.6) is 0 Å². The molecule has 1 aliphatic heterocycles. The molecule has 0 aromatic heterocycles. The number of morpholine rings is 1. The number of nitrogens with zero attached hydrogens (tertiary/aromatic N) is 3. The number of rotatable bonds is 10. The van der Waals surface area contributed by atoms with Crippen LogP contribution in [0.2, 0.25) is 0 Å². The molecule has 1 atom stereocenters. The van der Waals surface area contributed by atoms with E-state index in [2.05, 4.69) is 47.6 Å². The molecule has 0 radical (unpaired) electrons. The second-order valence-corrected chi connectivity index (χ2v) is 6.95. The number of allylic oxidation sites excluding steroid dienone is 1. The second-order valence-electron chi connectivity index (χ2n) is 6.95. The van der Waals surface area contributed by atoms with Crippen LogP contribution in [0.1, 0.15) is 39.5 Å². The highest BCUT2D eigenvalue weighted by Gasteiger charge is 2.24. The zero-order valence-electron chi connectivity index (χ0n) is 16.7. The second kappa shape index (κ2) is 14.8. The van der Waals surface area contributed by atoms with Crippen molar-refractivity contribution >= 4 is 29.9 Å². The number of aliphatic imine (C=N–C) groups is 1. The van der Waals surface area contributed by atoms with Crippen molar-refractivity contribution in [3.63, 3.8) is 0 Å². The summed E-state index contributed by atoms with van der Waals surface area (Å²) in [5, 5.41) is 3.58. The van der Waals surface area contributed by atoms with E-state index in [0.717, 1.165) is 51.8 Å². The molecule has 6 heteroatoms. The fraction of sp³-hybridized carbons (Fsp3) is 0.842. The molecule has 0 saturated carbocycles. The molecule has 1 N–H and O–H groups in total. The highest BCUT2D eigenvalue weighted by atomic mass is 127. The Morgan fingerprint density at radius 1 is 1.28 bits per heavy atom. The summed E-state index contributed by atoms with van der Waals surface area (Å²) in [6.45, 7) is 14.1. The molecule has 0 aromatic carbocycles. The molecular weight excluding hydrogens is 427 g/mol. The molecule has 1 heterocycles. The van der Waals surface area contributed by atoms with Crippen molar-refractivity contribution in [2.75, 3.05) is 53.5 Å². The van der Waals surface area contributed by atoms with Crippen LogP contribution < -0.4 is 5.32 Å². The number of hydrogen-bond donors (Lipinski definition) is 1. The van der Waals surface area contributed by atoms with E-state index < -0.39 is 0 Å². The molecule has 148 valence electrons. The third-order valence-electron chi connectivity index (χ3n) is 4.73. The normalized spacial score (nSPS) is 17.1. The summed E-state index contributed by atoms with van der Waals surface area (Å²) in [5.41, 5.74) is 0. The number of unbranched alkanes of at least 4 members (excludes halogenated alkanes) is 3.